The second kappa shape index (κ2) is 5.95. The van der Waals surface area contributed by atoms with Crippen LogP contribution in [0.2, 0.25) is 0 Å². The van der Waals surface area contributed by atoms with Gasteiger partial charge in [-0.3, -0.25) is 14.6 Å². The number of hydrogen-bond donors (Lipinski definition) is 5. The van der Waals surface area contributed by atoms with Crippen molar-refractivity contribution in [3.05, 3.63) is 62.4 Å². The molecule has 0 aliphatic heterocycles. The monoisotopic (exact) mass is 305 g/mol. The minimum Gasteiger partial charge on any atom is -0.508 e. The van der Waals surface area contributed by atoms with E-state index < -0.39 is 34.7 Å². The highest BCUT2D eigenvalue weighted by Gasteiger charge is 2.24. The normalized spacial score (nSPS) is 11.6. The van der Waals surface area contributed by atoms with Crippen LogP contribution in [0.3, 0.4) is 0 Å². The number of nitrogens with one attached hydrogen (secondary N) is 3. The second-order valence-electron chi connectivity index (χ2n) is 4.32. The van der Waals surface area contributed by atoms with Crippen LogP contribution in [0.4, 0.5) is 0 Å². The van der Waals surface area contributed by atoms with Gasteiger partial charge in [0.1, 0.15) is 11.3 Å². The summed E-state index contributed by atoms with van der Waals surface area (Å²) in [5, 5.41) is 20.5. The molecular weight excluding hydrogens is 294 g/mol. The van der Waals surface area contributed by atoms with Gasteiger partial charge in [-0.2, -0.15) is 0 Å². The van der Waals surface area contributed by atoms with E-state index >= 15 is 0 Å². The number of amides is 1. The molecule has 9 heteroatoms. The lowest BCUT2D eigenvalue weighted by Gasteiger charge is -2.14. The van der Waals surface area contributed by atoms with Gasteiger partial charge in [0, 0.05) is 6.20 Å². The Morgan fingerprint density at radius 3 is 2.32 bits per heavy atom. The quantitative estimate of drug-likeness (QED) is 0.505. The molecule has 9 nitrogen and oxygen atoms in total. The maximum Gasteiger partial charge on any atom is 0.330 e. The van der Waals surface area contributed by atoms with Crippen LogP contribution in [0.5, 0.6) is 5.75 Å². The summed E-state index contributed by atoms with van der Waals surface area (Å²) in [5.74, 6) is -2.37. The first kappa shape index (κ1) is 15.0. The van der Waals surface area contributed by atoms with E-state index in [1.165, 1.54) is 24.3 Å². The van der Waals surface area contributed by atoms with Crippen molar-refractivity contribution in [3.63, 3.8) is 0 Å². The number of phenolic OH excluding ortho intramolecular Hbond substituents is 1. The van der Waals surface area contributed by atoms with E-state index in [-0.39, 0.29) is 11.3 Å². The van der Waals surface area contributed by atoms with Gasteiger partial charge in [0.2, 0.25) is 0 Å². The van der Waals surface area contributed by atoms with Gasteiger partial charge in [-0.1, -0.05) is 12.1 Å². The van der Waals surface area contributed by atoms with Crippen LogP contribution in [0, 0.1) is 0 Å². The molecule has 1 aromatic heterocycles. The number of aromatic nitrogens is 2. The molecule has 1 heterocycles. The van der Waals surface area contributed by atoms with E-state index in [1.807, 2.05) is 4.98 Å². The standard InChI is InChI=1S/C13H11N3O6/c17-7-3-1-6(2-4-7)9(12(20)21)15-10(18)8-5-14-13(22)16-11(8)19/h1-5,9,17H,(H,15,18)(H,20,21)(H2,14,16,19,22). The fourth-order valence-corrected chi connectivity index (χ4v) is 1.74. The molecule has 2 aromatic rings. The maximum absolute atomic E-state index is 12.0. The van der Waals surface area contributed by atoms with Crippen LogP contribution < -0.4 is 16.6 Å². The van der Waals surface area contributed by atoms with Gasteiger partial charge < -0.3 is 20.5 Å². The molecule has 1 atom stereocenters. The van der Waals surface area contributed by atoms with Crippen molar-refractivity contribution in [3.8, 4) is 5.75 Å². The Morgan fingerprint density at radius 2 is 1.77 bits per heavy atom. The average molecular weight is 305 g/mol. The number of hydrogen-bond acceptors (Lipinski definition) is 5. The summed E-state index contributed by atoms with van der Waals surface area (Å²) in [6, 6.07) is 3.77. The number of H-pyrrole nitrogens is 2. The summed E-state index contributed by atoms with van der Waals surface area (Å²) in [7, 11) is 0. The Labute approximate surface area is 122 Å². The van der Waals surface area contributed by atoms with Gasteiger partial charge in [0.25, 0.3) is 11.5 Å². The van der Waals surface area contributed by atoms with E-state index in [9.17, 15) is 29.4 Å². The number of aliphatic carboxylic acids is 1. The first-order chi connectivity index (χ1) is 10.4. The lowest BCUT2D eigenvalue weighted by Crippen LogP contribution is -2.38. The Bertz CT molecular complexity index is 821. The maximum atomic E-state index is 12.0. The molecule has 1 amide bonds. The predicted octanol–water partition coefficient (Wildman–Crippen LogP) is -0.676. The van der Waals surface area contributed by atoms with Crippen molar-refractivity contribution < 1.29 is 19.8 Å². The molecule has 114 valence electrons. The van der Waals surface area contributed by atoms with E-state index in [1.54, 1.807) is 0 Å². The predicted molar refractivity (Wildman–Crippen MR) is 73.6 cm³/mol. The molecule has 1 unspecified atom stereocenters. The molecule has 2 rings (SSSR count). The highest BCUT2D eigenvalue weighted by Crippen LogP contribution is 2.17. The van der Waals surface area contributed by atoms with Crippen LogP contribution >= 0.6 is 0 Å². The van der Waals surface area contributed by atoms with Crippen LogP contribution in [0.1, 0.15) is 22.0 Å². The number of carboxylic acids is 1. The van der Waals surface area contributed by atoms with Crippen molar-refractivity contribution in [2.24, 2.45) is 0 Å². The Morgan fingerprint density at radius 1 is 1.14 bits per heavy atom. The van der Waals surface area contributed by atoms with Crippen LogP contribution in [0.15, 0.2) is 40.1 Å². The summed E-state index contributed by atoms with van der Waals surface area (Å²) < 4.78 is 0. The van der Waals surface area contributed by atoms with Crippen LogP contribution in [-0.4, -0.2) is 32.1 Å². The van der Waals surface area contributed by atoms with Gasteiger partial charge >= 0.3 is 11.7 Å². The first-order valence-corrected chi connectivity index (χ1v) is 6.03. The van der Waals surface area contributed by atoms with Crippen molar-refractivity contribution in [2.75, 3.05) is 0 Å². The molecule has 5 N–H and O–H groups in total. The summed E-state index contributed by atoms with van der Waals surface area (Å²) in [5.41, 5.74) is -1.94. The number of carbonyl (C=O) groups excluding carboxylic acids is 1. The Kier molecular flexibility index (Phi) is 4.07. The third-order valence-corrected chi connectivity index (χ3v) is 2.81. The van der Waals surface area contributed by atoms with Gasteiger partial charge in [-0.05, 0) is 17.7 Å². The first-order valence-electron chi connectivity index (χ1n) is 6.03. The van der Waals surface area contributed by atoms with Crippen molar-refractivity contribution in [1.82, 2.24) is 15.3 Å². The van der Waals surface area contributed by atoms with Crippen LogP contribution in [0.25, 0.3) is 0 Å². The molecule has 0 aliphatic carbocycles. The third-order valence-electron chi connectivity index (χ3n) is 2.81. The minimum absolute atomic E-state index is 0.0590. The summed E-state index contributed by atoms with van der Waals surface area (Å²) in [6.45, 7) is 0. The lowest BCUT2D eigenvalue weighted by molar-refractivity contribution is -0.139. The summed E-state index contributed by atoms with van der Waals surface area (Å²) in [6.07, 6.45) is 0.895. The molecule has 0 saturated carbocycles. The third kappa shape index (κ3) is 3.20. The molecule has 1 aromatic carbocycles. The highest BCUT2D eigenvalue weighted by molar-refractivity contribution is 5.96. The summed E-state index contributed by atoms with van der Waals surface area (Å²) in [4.78, 5) is 49.6. The van der Waals surface area contributed by atoms with Crippen molar-refractivity contribution >= 4 is 11.9 Å². The van der Waals surface area contributed by atoms with E-state index in [4.69, 9.17) is 0 Å². The van der Waals surface area contributed by atoms with Gasteiger partial charge in [-0.25, -0.2) is 9.59 Å². The number of benzene rings is 1. The fraction of sp³-hybridized carbons (Fsp3) is 0.0769. The molecule has 0 bridgehead atoms. The molecule has 0 saturated heterocycles. The molecule has 0 spiro atoms. The minimum atomic E-state index is -1.42. The molecule has 0 aliphatic rings. The molecular formula is C13H11N3O6. The highest BCUT2D eigenvalue weighted by atomic mass is 16.4. The summed E-state index contributed by atoms with van der Waals surface area (Å²) >= 11 is 0. The van der Waals surface area contributed by atoms with Crippen molar-refractivity contribution in [2.45, 2.75) is 6.04 Å². The van der Waals surface area contributed by atoms with Gasteiger partial charge in [0.05, 0.1) is 0 Å². The Hall–Kier alpha value is -3.36. The van der Waals surface area contributed by atoms with Gasteiger partial charge in [0.15, 0.2) is 6.04 Å². The van der Waals surface area contributed by atoms with E-state index in [0.717, 1.165) is 6.20 Å². The zero-order chi connectivity index (χ0) is 16.3. The number of phenols is 1. The SMILES string of the molecule is O=C(NC(C(=O)O)c1ccc(O)cc1)c1c[nH]c(=O)[nH]c1=O. The van der Waals surface area contributed by atoms with Crippen molar-refractivity contribution in [1.29, 1.82) is 0 Å². The molecule has 22 heavy (non-hydrogen) atoms. The second-order valence-corrected chi connectivity index (χ2v) is 4.32. The zero-order valence-electron chi connectivity index (χ0n) is 11.0. The number of aromatic amines is 2. The number of aromatic hydroxyl groups is 1. The number of carbonyl (C=O) groups is 2. The number of rotatable bonds is 4. The lowest BCUT2D eigenvalue weighted by atomic mass is 10.1. The van der Waals surface area contributed by atoms with E-state index in [2.05, 4.69) is 10.3 Å². The van der Waals surface area contributed by atoms with Gasteiger partial charge in [-0.15, -0.1) is 0 Å². The Balaban J connectivity index is 2.30. The van der Waals surface area contributed by atoms with E-state index in [0.29, 0.717) is 0 Å². The molecule has 0 radical (unpaired) electrons. The smallest absolute Gasteiger partial charge is 0.330 e. The average Bonchev–Trinajstić information content (AvgIpc) is 2.45. The molecule has 0 fully saturated rings. The fourth-order valence-electron chi connectivity index (χ4n) is 1.74. The largest absolute Gasteiger partial charge is 0.508 e. The number of carboxylic acid groups (broad SMARTS) is 1. The zero-order valence-corrected chi connectivity index (χ0v) is 11.0. The topological polar surface area (TPSA) is 152 Å². The van der Waals surface area contributed by atoms with Crippen LogP contribution in [-0.2, 0) is 4.79 Å².